The van der Waals surface area contributed by atoms with Crippen LogP contribution in [0.15, 0.2) is 42.5 Å². The number of ether oxygens (including phenoxy) is 1. The van der Waals surface area contributed by atoms with Crippen LogP contribution in [0.4, 0.5) is 5.82 Å². The van der Waals surface area contributed by atoms with Gasteiger partial charge in [-0.3, -0.25) is 4.79 Å². The number of carbonyl (C=O) groups is 1. The summed E-state index contributed by atoms with van der Waals surface area (Å²) in [6.07, 6.45) is 0. The van der Waals surface area contributed by atoms with Crippen molar-refractivity contribution in [3.63, 3.8) is 0 Å². The van der Waals surface area contributed by atoms with Gasteiger partial charge in [0.1, 0.15) is 18.2 Å². The minimum atomic E-state index is -0.219. The van der Waals surface area contributed by atoms with Gasteiger partial charge in [0.25, 0.3) is 5.91 Å². The van der Waals surface area contributed by atoms with Gasteiger partial charge in [0, 0.05) is 6.54 Å². The van der Waals surface area contributed by atoms with Crippen molar-refractivity contribution < 1.29 is 9.53 Å². The van der Waals surface area contributed by atoms with Gasteiger partial charge in [-0.2, -0.15) is 0 Å². The number of aromatic nitrogens is 2. The van der Waals surface area contributed by atoms with Crippen molar-refractivity contribution in [3.8, 4) is 5.75 Å². The smallest absolute Gasteiger partial charge is 0.271 e. The summed E-state index contributed by atoms with van der Waals surface area (Å²) in [5.41, 5.74) is 0.308. The van der Waals surface area contributed by atoms with E-state index in [-0.39, 0.29) is 5.91 Å². The molecule has 2 rings (SSSR count). The van der Waals surface area contributed by atoms with Crippen LogP contribution in [0, 0.1) is 0 Å². The number of nitrogens with one attached hydrogen (secondary N) is 2. The zero-order chi connectivity index (χ0) is 14.9. The summed E-state index contributed by atoms with van der Waals surface area (Å²) in [6, 6.07) is 13.0. The fraction of sp³-hybridized carbons (Fsp3) is 0.267. The SMILES string of the molecule is CCNC(=O)c1ccc(NCCOc2ccccc2)nn1. The van der Waals surface area contributed by atoms with Gasteiger partial charge in [-0.15, -0.1) is 10.2 Å². The normalized spacial score (nSPS) is 9.95. The first kappa shape index (κ1) is 14.8. The molecule has 0 saturated carbocycles. The summed E-state index contributed by atoms with van der Waals surface area (Å²) < 4.78 is 5.55. The van der Waals surface area contributed by atoms with Crippen LogP contribution < -0.4 is 15.4 Å². The average molecular weight is 286 g/mol. The van der Waals surface area contributed by atoms with Gasteiger partial charge in [-0.1, -0.05) is 18.2 Å². The first-order valence-electron chi connectivity index (χ1n) is 6.83. The third-order valence-corrected chi connectivity index (χ3v) is 2.65. The summed E-state index contributed by atoms with van der Waals surface area (Å²) in [5.74, 6) is 1.22. The Labute approximate surface area is 123 Å². The zero-order valence-corrected chi connectivity index (χ0v) is 11.9. The fourth-order valence-corrected chi connectivity index (χ4v) is 1.66. The van der Waals surface area contributed by atoms with Crippen molar-refractivity contribution in [2.24, 2.45) is 0 Å². The Hall–Kier alpha value is -2.63. The molecule has 110 valence electrons. The van der Waals surface area contributed by atoms with Crippen molar-refractivity contribution in [2.45, 2.75) is 6.92 Å². The van der Waals surface area contributed by atoms with E-state index < -0.39 is 0 Å². The van der Waals surface area contributed by atoms with E-state index in [2.05, 4.69) is 20.8 Å². The van der Waals surface area contributed by atoms with E-state index in [4.69, 9.17) is 4.74 Å². The Morgan fingerprint density at radius 2 is 1.95 bits per heavy atom. The molecule has 6 heteroatoms. The minimum Gasteiger partial charge on any atom is -0.492 e. The number of benzene rings is 1. The molecule has 0 aliphatic rings. The maximum Gasteiger partial charge on any atom is 0.271 e. The van der Waals surface area contributed by atoms with E-state index in [1.54, 1.807) is 12.1 Å². The molecule has 0 atom stereocenters. The molecule has 0 bridgehead atoms. The molecule has 21 heavy (non-hydrogen) atoms. The fourth-order valence-electron chi connectivity index (χ4n) is 1.66. The van der Waals surface area contributed by atoms with Crippen molar-refractivity contribution in [2.75, 3.05) is 25.0 Å². The van der Waals surface area contributed by atoms with Crippen LogP contribution in [0.5, 0.6) is 5.75 Å². The van der Waals surface area contributed by atoms with E-state index in [0.717, 1.165) is 5.75 Å². The average Bonchev–Trinajstić information content (AvgIpc) is 2.53. The van der Waals surface area contributed by atoms with Gasteiger partial charge in [0.2, 0.25) is 0 Å². The number of nitrogens with zero attached hydrogens (tertiary/aromatic N) is 2. The second-order valence-corrected chi connectivity index (χ2v) is 4.25. The summed E-state index contributed by atoms with van der Waals surface area (Å²) in [6.45, 7) is 3.54. The topological polar surface area (TPSA) is 76.1 Å². The number of hydrogen-bond acceptors (Lipinski definition) is 5. The predicted molar refractivity (Wildman–Crippen MR) is 80.5 cm³/mol. The van der Waals surface area contributed by atoms with E-state index in [9.17, 15) is 4.79 Å². The molecular formula is C15H18N4O2. The molecule has 0 saturated heterocycles. The van der Waals surface area contributed by atoms with Gasteiger partial charge >= 0.3 is 0 Å². The number of para-hydroxylation sites is 1. The highest BCUT2D eigenvalue weighted by Gasteiger charge is 2.06. The molecule has 0 radical (unpaired) electrons. The van der Waals surface area contributed by atoms with Crippen LogP contribution in [-0.2, 0) is 0 Å². The monoisotopic (exact) mass is 286 g/mol. The Morgan fingerprint density at radius 3 is 2.62 bits per heavy atom. The van der Waals surface area contributed by atoms with Crippen LogP contribution in [-0.4, -0.2) is 35.8 Å². The lowest BCUT2D eigenvalue weighted by Gasteiger charge is -2.07. The highest BCUT2D eigenvalue weighted by atomic mass is 16.5. The van der Waals surface area contributed by atoms with Crippen LogP contribution >= 0.6 is 0 Å². The van der Waals surface area contributed by atoms with Gasteiger partial charge < -0.3 is 15.4 Å². The van der Waals surface area contributed by atoms with Crippen molar-refractivity contribution in [1.29, 1.82) is 0 Å². The lowest BCUT2D eigenvalue weighted by Crippen LogP contribution is -2.24. The van der Waals surface area contributed by atoms with Crippen LogP contribution in [0.25, 0.3) is 0 Å². The van der Waals surface area contributed by atoms with Gasteiger partial charge in [-0.05, 0) is 31.2 Å². The predicted octanol–water partition coefficient (Wildman–Crippen LogP) is 1.72. The van der Waals surface area contributed by atoms with Gasteiger partial charge in [-0.25, -0.2) is 0 Å². The largest absolute Gasteiger partial charge is 0.492 e. The first-order valence-corrected chi connectivity index (χ1v) is 6.83. The van der Waals surface area contributed by atoms with Crippen LogP contribution in [0.1, 0.15) is 17.4 Å². The molecule has 1 heterocycles. The third kappa shape index (κ3) is 4.76. The Bertz CT molecular complexity index is 558. The third-order valence-electron chi connectivity index (χ3n) is 2.65. The number of hydrogen-bond donors (Lipinski definition) is 2. The van der Waals surface area contributed by atoms with Crippen molar-refractivity contribution in [1.82, 2.24) is 15.5 Å². The van der Waals surface area contributed by atoms with Crippen LogP contribution in [0.2, 0.25) is 0 Å². The molecule has 0 fully saturated rings. The molecule has 1 aromatic carbocycles. The number of amides is 1. The molecule has 2 aromatic rings. The number of rotatable bonds is 7. The quantitative estimate of drug-likeness (QED) is 0.758. The zero-order valence-electron chi connectivity index (χ0n) is 11.9. The molecule has 1 amide bonds. The lowest BCUT2D eigenvalue weighted by atomic mass is 10.3. The molecular weight excluding hydrogens is 268 g/mol. The van der Waals surface area contributed by atoms with Gasteiger partial charge in [0.15, 0.2) is 5.69 Å². The Balaban J connectivity index is 1.75. The van der Waals surface area contributed by atoms with Crippen molar-refractivity contribution >= 4 is 11.7 Å². The Morgan fingerprint density at radius 1 is 1.14 bits per heavy atom. The van der Waals surface area contributed by atoms with E-state index >= 15 is 0 Å². The van der Waals surface area contributed by atoms with E-state index in [1.165, 1.54) is 0 Å². The standard InChI is InChI=1S/C15H18N4O2/c1-2-16-15(20)13-8-9-14(19-18-13)17-10-11-21-12-6-4-3-5-7-12/h3-9H,2,10-11H2,1H3,(H,16,20)(H,17,19). The molecule has 0 unspecified atom stereocenters. The first-order chi connectivity index (χ1) is 10.3. The second kappa shape index (κ2) is 7.84. The van der Waals surface area contributed by atoms with Crippen molar-refractivity contribution in [3.05, 3.63) is 48.2 Å². The highest BCUT2D eigenvalue weighted by Crippen LogP contribution is 2.08. The number of carbonyl (C=O) groups excluding carboxylic acids is 1. The molecule has 1 aromatic heterocycles. The van der Waals surface area contributed by atoms with Crippen LogP contribution in [0.3, 0.4) is 0 Å². The van der Waals surface area contributed by atoms with Gasteiger partial charge in [0.05, 0.1) is 6.54 Å². The minimum absolute atomic E-state index is 0.219. The second-order valence-electron chi connectivity index (χ2n) is 4.25. The molecule has 0 aliphatic heterocycles. The summed E-state index contributed by atoms with van der Waals surface area (Å²) in [4.78, 5) is 11.5. The highest BCUT2D eigenvalue weighted by molar-refractivity contribution is 5.92. The molecule has 6 nitrogen and oxygen atoms in total. The maximum atomic E-state index is 11.5. The molecule has 2 N–H and O–H groups in total. The number of anilines is 1. The summed E-state index contributed by atoms with van der Waals surface area (Å²) in [5, 5.41) is 13.6. The maximum absolute atomic E-state index is 11.5. The molecule has 0 aliphatic carbocycles. The molecule has 0 spiro atoms. The summed E-state index contributed by atoms with van der Waals surface area (Å²) in [7, 11) is 0. The lowest BCUT2D eigenvalue weighted by molar-refractivity contribution is 0.0950. The van der Waals surface area contributed by atoms with E-state index in [0.29, 0.717) is 31.2 Å². The van der Waals surface area contributed by atoms with E-state index in [1.807, 2.05) is 37.3 Å². The summed E-state index contributed by atoms with van der Waals surface area (Å²) >= 11 is 0. The Kier molecular flexibility index (Phi) is 5.51.